The standard InChI is InChI=1S/C14H20BrFN2/c1-2-6-18-7-5-11(9-17)14(18)10-3-4-12(15)13(16)8-10/h3-4,8,11,14H,2,5-7,9,17H2,1H3. The fraction of sp³-hybridized carbons (Fsp3) is 0.571. The number of nitrogens with two attached hydrogens (primary N) is 1. The number of likely N-dealkylation sites (tertiary alicyclic amines) is 1. The average Bonchev–Trinajstić information content (AvgIpc) is 2.76. The van der Waals surface area contributed by atoms with Crippen LogP contribution in [0.5, 0.6) is 0 Å². The minimum Gasteiger partial charge on any atom is -0.330 e. The van der Waals surface area contributed by atoms with Gasteiger partial charge in [0.05, 0.1) is 4.47 Å². The SMILES string of the molecule is CCCN1CCC(CN)C1c1ccc(Br)c(F)c1. The molecule has 0 saturated carbocycles. The summed E-state index contributed by atoms with van der Waals surface area (Å²) in [6, 6.07) is 5.72. The summed E-state index contributed by atoms with van der Waals surface area (Å²) >= 11 is 3.20. The van der Waals surface area contributed by atoms with Crippen LogP contribution in [-0.2, 0) is 0 Å². The second kappa shape index (κ2) is 6.13. The van der Waals surface area contributed by atoms with E-state index in [0.717, 1.165) is 31.5 Å². The van der Waals surface area contributed by atoms with E-state index in [4.69, 9.17) is 5.73 Å². The Morgan fingerprint density at radius 1 is 1.50 bits per heavy atom. The molecule has 2 unspecified atom stereocenters. The van der Waals surface area contributed by atoms with Crippen molar-refractivity contribution in [2.75, 3.05) is 19.6 Å². The van der Waals surface area contributed by atoms with E-state index >= 15 is 0 Å². The molecule has 0 amide bonds. The van der Waals surface area contributed by atoms with Crippen molar-refractivity contribution in [2.24, 2.45) is 11.7 Å². The van der Waals surface area contributed by atoms with Crippen LogP contribution in [0.4, 0.5) is 4.39 Å². The normalized spacial score (nSPS) is 24.7. The molecule has 1 aromatic rings. The summed E-state index contributed by atoms with van der Waals surface area (Å²) < 4.78 is 14.2. The maximum Gasteiger partial charge on any atom is 0.137 e. The van der Waals surface area contributed by atoms with Crippen LogP contribution in [0.15, 0.2) is 22.7 Å². The Morgan fingerprint density at radius 3 is 2.89 bits per heavy atom. The molecule has 2 nitrogen and oxygen atoms in total. The van der Waals surface area contributed by atoms with Gasteiger partial charge in [-0.1, -0.05) is 13.0 Å². The Bertz CT molecular complexity index is 411. The van der Waals surface area contributed by atoms with Crippen LogP contribution in [0.1, 0.15) is 31.4 Å². The maximum absolute atomic E-state index is 13.7. The Balaban J connectivity index is 2.28. The van der Waals surface area contributed by atoms with Gasteiger partial charge in [-0.05, 0) is 72.0 Å². The number of rotatable bonds is 4. The number of benzene rings is 1. The third-order valence-corrected chi connectivity index (χ3v) is 4.37. The molecule has 4 heteroatoms. The highest BCUT2D eigenvalue weighted by Gasteiger charge is 2.33. The first kappa shape index (κ1) is 14.0. The fourth-order valence-electron chi connectivity index (χ4n) is 2.89. The van der Waals surface area contributed by atoms with E-state index in [-0.39, 0.29) is 11.9 Å². The predicted molar refractivity (Wildman–Crippen MR) is 75.9 cm³/mol. The topological polar surface area (TPSA) is 29.3 Å². The molecule has 1 aliphatic heterocycles. The number of hydrogen-bond acceptors (Lipinski definition) is 2. The molecule has 0 bridgehead atoms. The fourth-order valence-corrected chi connectivity index (χ4v) is 3.14. The summed E-state index contributed by atoms with van der Waals surface area (Å²) in [5.41, 5.74) is 6.91. The van der Waals surface area contributed by atoms with Crippen molar-refractivity contribution in [3.05, 3.63) is 34.1 Å². The molecule has 1 saturated heterocycles. The van der Waals surface area contributed by atoms with Gasteiger partial charge in [0.25, 0.3) is 0 Å². The minimum atomic E-state index is -0.188. The van der Waals surface area contributed by atoms with Gasteiger partial charge in [-0.2, -0.15) is 0 Å². The monoisotopic (exact) mass is 314 g/mol. The number of halogens is 2. The van der Waals surface area contributed by atoms with Gasteiger partial charge < -0.3 is 5.73 Å². The maximum atomic E-state index is 13.7. The van der Waals surface area contributed by atoms with Gasteiger partial charge >= 0.3 is 0 Å². The summed E-state index contributed by atoms with van der Waals surface area (Å²) in [5.74, 6) is 0.253. The molecule has 1 aromatic carbocycles. The smallest absolute Gasteiger partial charge is 0.137 e. The summed E-state index contributed by atoms with van der Waals surface area (Å²) in [4.78, 5) is 2.43. The molecule has 0 aromatic heterocycles. The molecule has 0 spiro atoms. The highest BCUT2D eigenvalue weighted by Crippen LogP contribution is 2.37. The van der Waals surface area contributed by atoms with Gasteiger partial charge in [0.2, 0.25) is 0 Å². The van der Waals surface area contributed by atoms with Crippen LogP contribution in [0.25, 0.3) is 0 Å². The lowest BCUT2D eigenvalue weighted by molar-refractivity contribution is 0.230. The lowest BCUT2D eigenvalue weighted by atomic mass is 9.93. The van der Waals surface area contributed by atoms with Gasteiger partial charge in [0, 0.05) is 6.04 Å². The Hall–Kier alpha value is -0.450. The molecular weight excluding hydrogens is 295 g/mol. The van der Waals surface area contributed by atoms with E-state index in [0.29, 0.717) is 16.9 Å². The van der Waals surface area contributed by atoms with Crippen molar-refractivity contribution in [1.29, 1.82) is 0 Å². The zero-order chi connectivity index (χ0) is 13.1. The molecule has 1 heterocycles. The van der Waals surface area contributed by atoms with E-state index in [1.807, 2.05) is 6.07 Å². The molecule has 0 aliphatic carbocycles. The van der Waals surface area contributed by atoms with Gasteiger partial charge in [-0.3, -0.25) is 4.90 Å². The van der Waals surface area contributed by atoms with E-state index in [1.165, 1.54) is 0 Å². The Labute approximate surface area is 116 Å². The molecule has 2 rings (SSSR count). The predicted octanol–water partition coefficient (Wildman–Crippen LogP) is 3.32. The first-order chi connectivity index (χ1) is 8.67. The highest BCUT2D eigenvalue weighted by molar-refractivity contribution is 9.10. The third kappa shape index (κ3) is 2.76. The highest BCUT2D eigenvalue weighted by atomic mass is 79.9. The first-order valence-electron chi connectivity index (χ1n) is 6.56. The lowest BCUT2D eigenvalue weighted by Gasteiger charge is -2.28. The molecule has 1 fully saturated rings. The van der Waals surface area contributed by atoms with Crippen LogP contribution in [0.3, 0.4) is 0 Å². The van der Waals surface area contributed by atoms with Crippen LogP contribution < -0.4 is 5.73 Å². The molecule has 18 heavy (non-hydrogen) atoms. The summed E-state index contributed by atoms with van der Waals surface area (Å²) in [5, 5.41) is 0. The second-order valence-electron chi connectivity index (χ2n) is 4.94. The minimum absolute atomic E-state index is 0.188. The largest absolute Gasteiger partial charge is 0.330 e. The van der Waals surface area contributed by atoms with E-state index in [1.54, 1.807) is 12.1 Å². The second-order valence-corrected chi connectivity index (χ2v) is 5.79. The first-order valence-corrected chi connectivity index (χ1v) is 7.35. The van der Waals surface area contributed by atoms with E-state index in [9.17, 15) is 4.39 Å². The Kier molecular flexibility index (Phi) is 4.76. The Morgan fingerprint density at radius 2 is 2.28 bits per heavy atom. The quantitative estimate of drug-likeness (QED) is 0.923. The molecule has 0 radical (unpaired) electrons. The van der Waals surface area contributed by atoms with Crippen LogP contribution in [0.2, 0.25) is 0 Å². The lowest BCUT2D eigenvalue weighted by Crippen LogP contribution is -2.29. The zero-order valence-electron chi connectivity index (χ0n) is 10.7. The van der Waals surface area contributed by atoms with Gasteiger partial charge in [0.15, 0.2) is 0 Å². The van der Waals surface area contributed by atoms with E-state index in [2.05, 4.69) is 27.8 Å². The van der Waals surface area contributed by atoms with Gasteiger partial charge in [0.1, 0.15) is 5.82 Å². The zero-order valence-corrected chi connectivity index (χ0v) is 12.3. The van der Waals surface area contributed by atoms with Crippen molar-refractivity contribution in [3.63, 3.8) is 0 Å². The molecule has 100 valence electrons. The average molecular weight is 315 g/mol. The van der Waals surface area contributed by atoms with Gasteiger partial charge in [-0.15, -0.1) is 0 Å². The number of hydrogen-bond donors (Lipinski definition) is 1. The summed E-state index contributed by atoms with van der Waals surface area (Å²) in [7, 11) is 0. The summed E-state index contributed by atoms with van der Waals surface area (Å²) in [6.07, 6.45) is 2.23. The van der Waals surface area contributed by atoms with Crippen molar-refractivity contribution in [3.8, 4) is 0 Å². The van der Waals surface area contributed by atoms with Crippen molar-refractivity contribution >= 4 is 15.9 Å². The third-order valence-electron chi connectivity index (χ3n) is 3.73. The van der Waals surface area contributed by atoms with E-state index < -0.39 is 0 Å². The van der Waals surface area contributed by atoms with Crippen molar-refractivity contribution in [1.82, 2.24) is 4.90 Å². The van der Waals surface area contributed by atoms with Crippen LogP contribution in [0, 0.1) is 11.7 Å². The van der Waals surface area contributed by atoms with Crippen molar-refractivity contribution < 1.29 is 4.39 Å². The summed E-state index contributed by atoms with van der Waals surface area (Å²) in [6.45, 7) is 4.97. The molecular formula is C14H20BrFN2. The van der Waals surface area contributed by atoms with Gasteiger partial charge in [-0.25, -0.2) is 4.39 Å². The van der Waals surface area contributed by atoms with Crippen LogP contribution in [-0.4, -0.2) is 24.5 Å². The molecule has 1 aliphatic rings. The molecule has 2 N–H and O–H groups in total. The number of nitrogens with zero attached hydrogens (tertiary/aromatic N) is 1. The van der Waals surface area contributed by atoms with Crippen LogP contribution >= 0.6 is 15.9 Å². The van der Waals surface area contributed by atoms with Crippen molar-refractivity contribution in [2.45, 2.75) is 25.8 Å². The molecule has 2 atom stereocenters.